The van der Waals surface area contributed by atoms with Gasteiger partial charge in [-0.2, -0.15) is 0 Å². The lowest BCUT2D eigenvalue weighted by molar-refractivity contribution is 0.135. The van der Waals surface area contributed by atoms with Crippen molar-refractivity contribution in [2.75, 3.05) is 13.7 Å². The van der Waals surface area contributed by atoms with E-state index in [2.05, 4.69) is 12.2 Å². The van der Waals surface area contributed by atoms with Crippen LogP contribution in [0.15, 0.2) is 24.3 Å². The van der Waals surface area contributed by atoms with E-state index in [1.165, 1.54) is 12.8 Å². The Kier molecular flexibility index (Phi) is 6.76. The molecule has 1 rings (SSSR count). The Morgan fingerprint density at radius 1 is 1.33 bits per heavy atom. The number of ether oxygens (including phenoxy) is 1. The molecule has 0 bridgehead atoms. The summed E-state index contributed by atoms with van der Waals surface area (Å²) in [6.07, 6.45) is 3.11. The first-order chi connectivity index (χ1) is 8.69. The summed E-state index contributed by atoms with van der Waals surface area (Å²) in [5, 5.41) is 13.6. The van der Waals surface area contributed by atoms with Crippen LogP contribution >= 0.6 is 0 Å². The molecule has 0 saturated heterocycles. The average molecular weight is 251 g/mol. The van der Waals surface area contributed by atoms with Crippen LogP contribution in [0.25, 0.3) is 0 Å². The summed E-state index contributed by atoms with van der Waals surface area (Å²) in [6, 6.07) is 7.65. The molecule has 1 aromatic rings. The molecule has 0 heterocycles. The predicted molar refractivity (Wildman–Crippen MR) is 74.9 cm³/mol. The number of unbranched alkanes of at least 4 members (excludes halogenated alkanes) is 2. The molecule has 0 aliphatic rings. The van der Waals surface area contributed by atoms with Gasteiger partial charge in [0.25, 0.3) is 0 Å². The molecule has 0 saturated carbocycles. The monoisotopic (exact) mass is 251 g/mol. The van der Waals surface area contributed by atoms with E-state index in [0.29, 0.717) is 0 Å². The van der Waals surface area contributed by atoms with Crippen LogP contribution in [0.4, 0.5) is 0 Å². The van der Waals surface area contributed by atoms with Crippen molar-refractivity contribution in [2.45, 2.75) is 45.3 Å². The van der Waals surface area contributed by atoms with Gasteiger partial charge < -0.3 is 15.2 Å². The molecule has 2 atom stereocenters. The summed E-state index contributed by atoms with van der Waals surface area (Å²) < 4.78 is 5.17. The van der Waals surface area contributed by atoms with Crippen molar-refractivity contribution in [3.63, 3.8) is 0 Å². The fraction of sp³-hybridized carbons (Fsp3) is 0.600. The molecule has 0 aliphatic carbocycles. The molecule has 3 nitrogen and oxygen atoms in total. The minimum atomic E-state index is -0.498. The molecule has 1 aromatic carbocycles. The quantitative estimate of drug-likeness (QED) is 0.698. The lowest BCUT2D eigenvalue weighted by Crippen LogP contribution is -2.32. The number of aliphatic hydroxyl groups is 1. The number of hydrogen-bond acceptors (Lipinski definition) is 3. The second-order valence-electron chi connectivity index (χ2n) is 4.67. The molecule has 102 valence electrons. The van der Waals surface area contributed by atoms with E-state index in [1.54, 1.807) is 7.11 Å². The Morgan fingerprint density at radius 3 is 2.78 bits per heavy atom. The van der Waals surface area contributed by atoms with E-state index in [1.807, 2.05) is 31.2 Å². The van der Waals surface area contributed by atoms with Gasteiger partial charge in [-0.05, 0) is 37.6 Å². The second-order valence-corrected chi connectivity index (χ2v) is 4.67. The molecule has 0 aliphatic heterocycles. The van der Waals surface area contributed by atoms with Crippen LogP contribution in [-0.4, -0.2) is 24.8 Å². The average Bonchev–Trinajstić information content (AvgIpc) is 2.42. The Bertz CT molecular complexity index is 341. The van der Waals surface area contributed by atoms with Gasteiger partial charge in [0.2, 0.25) is 0 Å². The van der Waals surface area contributed by atoms with Gasteiger partial charge in [-0.3, -0.25) is 0 Å². The van der Waals surface area contributed by atoms with Crippen LogP contribution in [0.1, 0.15) is 44.8 Å². The van der Waals surface area contributed by atoms with Gasteiger partial charge in [-0.1, -0.05) is 31.9 Å². The van der Waals surface area contributed by atoms with Gasteiger partial charge >= 0.3 is 0 Å². The van der Waals surface area contributed by atoms with Gasteiger partial charge in [-0.25, -0.2) is 0 Å². The van der Waals surface area contributed by atoms with Crippen molar-refractivity contribution >= 4 is 0 Å². The summed E-state index contributed by atoms with van der Waals surface area (Å²) in [7, 11) is 1.64. The van der Waals surface area contributed by atoms with Crippen molar-refractivity contribution < 1.29 is 9.84 Å². The molecule has 0 spiro atoms. The third-order valence-electron chi connectivity index (χ3n) is 3.16. The number of nitrogens with one attached hydrogen (secondary N) is 1. The van der Waals surface area contributed by atoms with E-state index >= 15 is 0 Å². The van der Waals surface area contributed by atoms with Crippen molar-refractivity contribution in [3.05, 3.63) is 29.8 Å². The second kappa shape index (κ2) is 8.11. The van der Waals surface area contributed by atoms with Gasteiger partial charge in [0.1, 0.15) is 5.75 Å². The molecule has 0 amide bonds. The third-order valence-corrected chi connectivity index (χ3v) is 3.16. The molecule has 0 aromatic heterocycles. The fourth-order valence-electron chi connectivity index (χ4n) is 1.93. The Hall–Kier alpha value is -1.06. The van der Waals surface area contributed by atoms with E-state index in [-0.39, 0.29) is 6.04 Å². The number of aliphatic hydroxyl groups excluding tert-OH is 1. The summed E-state index contributed by atoms with van der Waals surface area (Å²) in [6.45, 7) is 5.15. The van der Waals surface area contributed by atoms with Crippen LogP contribution in [0.2, 0.25) is 0 Å². The van der Waals surface area contributed by atoms with Crippen molar-refractivity contribution in [2.24, 2.45) is 0 Å². The minimum absolute atomic E-state index is 0.0500. The summed E-state index contributed by atoms with van der Waals surface area (Å²) in [4.78, 5) is 0. The van der Waals surface area contributed by atoms with Crippen molar-refractivity contribution in [1.29, 1.82) is 0 Å². The highest BCUT2D eigenvalue weighted by molar-refractivity contribution is 5.30. The smallest absolute Gasteiger partial charge is 0.119 e. The van der Waals surface area contributed by atoms with E-state index in [4.69, 9.17) is 4.74 Å². The lowest BCUT2D eigenvalue weighted by Gasteiger charge is -2.21. The van der Waals surface area contributed by atoms with Crippen molar-refractivity contribution in [1.82, 2.24) is 5.32 Å². The van der Waals surface area contributed by atoms with Crippen LogP contribution in [-0.2, 0) is 0 Å². The molecule has 2 unspecified atom stereocenters. The number of methoxy groups -OCH3 is 1. The number of hydrogen-bond donors (Lipinski definition) is 2. The standard InChI is InChI=1S/C15H25NO2/c1-4-5-6-10-16-12(2)15(17)13-8-7-9-14(11-13)18-3/h7-9,11-12,15-17H,4-6,10H2,1-3H3. The van der Waals surface area contributed by atoms with Gasteiger partial charge in [0.15, 0.2) is 0 Å². The SMILES string of the molecule is CCCCCNC(C)C(O)c1cccc(OC)c1. The maximum Gasteiger partial charge on any atom is 0.119 e. The van der Waals surface area contributed by atoms with E-state index in [0.717, 1.165) is 24.3 Å². The van der Waals surface area contributed by atoms with Crippen LogP contribution in [0.3, 0.4) is 0 Å². The lowest BCUT2D eigenvalue weighted by atomic mass is 10.0. The summed E-state index contributed by atoms with van der Waals surface area (Å²) in [5.74, 6) is 0.782. The topological polar surface area (TPSA) is 41.5 Å². The maximum atomic E-state index is 10.2. The molecule has 3 heteroatoms. The van der Waals surface area contributed by atoms with Gasteiger partial charge in [0.05, 0.1) is 13.2 Å². The van der Waals surface area contributed by atoms with Crippen LogP contribution < -0.4 is 10.1 Å². The normalized spacial score (nSPS) is 14.2. The summed E-state index contributed by atoms with van der Waals surface area (Å²) >= 11 is 0. The molecular weight excluding hydrogens is 226 g/mol. The van der Waals surface area contributed by atoms with Crippen LogP contribution in [0.5, 0.6) is 5.75 Å². The Balaban J connectivity index is 2.48. The number of benzene rings is 1. The summed E-state index contributed by atoms with van der Waals surface area (Å²) in [5.41, 5.74) is 0.893. The molecule has 18 heavy (non-hydrogen) atoms. The zero-order valence-corrected chi connectivity index (χ0v) is 11.6. The van der Waals surface area contributed by atoms with Gasteiger partial charge in [0, 0.05) is 6.04 Å². The highest BCUT2D eigenvalue weighted by atomic mass is 16.5. The fourth-order valence-corrected chi connectivity index (χ4v) is 1.93. The maximum absolute atomic E-state index is 10.2. The van der Waals surface area contributed by atoms with Gasteiger partial charge in [-0.15, -0.1) is 0 Å². The Morgan fingerprint density at radius 2 is 2.11 bits per heavy atom. The first kappa shape index (κ1) is 15.0. The van der Waals surface area contributed by atoms with E-state index in [9.17, 15) is 5.11 Å². The molecular formula is C15H25NO2. The zero-order chi connectivity index (χ0) is 13.4. The highest BCUT2D eigenvalue weighted by Crippen LogP contribution is 2.21. The molecule has 0 fully saturated rings. The van der Waals surface area contributed by atoms with Crippen molar-refractivity contribution in [3.8, 4) is 5.75 Å². The number of rotatable bonds is 8. The van der Waals surface area contributed by atoms with Crippen LogP contribution in [0, 0.1) is 0 Å². The minimum Gasteiger partial charge on any atom is -0.497 e. The highest BCUT2D eigenvalue weighted by Gasteiger charge is 2.15. The van der Waals surface area contributed by atoms with E-state index < -0.39 is 6.10 Å². The first-order valence-corrected chi connectivity index (χ1v) is 6.74. The molecule has 0 radical (unpaired) electrons. The molecule has 2 N–H and O–H groups in total. The first-order valence-electron chi connectivity index (χ1n) is 6.74. The third kappa shape index (κ3) is 4.67. The zero-order valence-electron chi connectivity index (χ0n) is 11.6. The largest absolute Gasteiger partial charge is 0.497 e. The predicted octanol–water partition coefficient (Wildman–Crippen LogP) is 2.90. The Labute approximate surface area is 110 Å².